The fourth-order valence-corrected chi connectivity index (χ4v) is 4.04. The number of carbonyl (C=O) groups excluding carboxylic acids is 3. The lowest BCUT2D eigenvalue weighted by Gasteiger charge is -2.25. The van der Waals surface area contributed by atoms with Gasteiger partial charge in [-0.2, -0.15) is 0 Å². The molecule has 0 atom stereocenters. The van der Waals surface area contributed by atoms with Gasteiger partial charge >= 0.3 is 6.03 Å². The molecular weight excluding hydrogens is 584 g/mol. The van der Waals surface area contributed by atoms with E-state index in [1.165, 1.54) is 12.3 Å². The van der Waals surface area contributed by atoms with Gasteiger partial charge in [0, 0.05) is 8.95 Å². The average molecular weight is 604 g/mol. The van der Waals surface area contributed by atoms with Crippen molar-refractivity contribution in [2.45, 2.75) is 20.1 Å². The van der Waals surface area contributed by atoms with Crippen molar-refractivity contribution in [3.05, 3.63) is 86.2 Å². The van der Waals surface area contributed by atoms with E-state index in [-0.39, 0.29) is 12.1 Å². The number of ether oxygens (including phenoxy) is 2. The summed E-state index contributed by atoms with van der Waals surface area (Å²) in [7, 11) is 0. The molecule has 35 heavy (non-hydrogen) atoms. The van der Waals surface area contributed by atoms with Gasteiger partial charge in [0.1, 0.15) is 17.9 Å². The first-order chi connectivity index (χ1) is 16.9. The van der Waals surface area contributed by atoms with E-state index in [1.807, 2.05) is 31.2 Å². The Morgan fingerprint density at radius 2 is 1.77 bits per heavy atom. The van der Waals surface area contributed by atoms with Crippen molar-refractivity contribution in [3.63, 3.8) is 0 Å². The first-order valence-electron chi connectivity index (χ1n) is 10.6. The molecule has 0 radical (unpaired) electrons. The Bertz CT molecular complexity index is 1290. The monoisotopic (exact) mass is 602 g/mol. The highest BCUT2D eigenvalue weighted by atomic mass is 79.9. The molecule has 1 N–H and O–H groups in total. The molecule has 4 amide bonds. The van der Waals surface area contributed by atoms with Crippen molar-refractivity contribution in [1.82, 2.24) is 10.2 Å². The molecule has 0 bridgehead atoms. The second-order valence-corrected chi connectivity index (χ2v) is 9.23. The summed E-state index contributed by atoms with van der Waals surface area (Å²) in [6, 6.07) is 13.6. The highest BCUT2D eigenvalue weighted by Gasteiger charge is 2.36. The molecule has 10 heteroatoms. The van der Waals surface area contributed by atoms with Crippen LogP contribution in [0.2, 0.25) is 0 Å². The summed E-state index contributed by atoms with van der Waals surface area (Å²) in [5.74, 6) is -0.148. The van der Waals surface area contributed by atoms with E-state index in [2.05, 4.69) is 37.2 Å². The molecule has 2 aromatic carbocycles. The molecule has 4 rings (SSSR count). The maximum Gasteiger partial charge on any atom is 0.331 e. The molecule has 2 heterocycles. The zero-order chi connectivity index (χ0) is 24.9. The van der Waals surface area contributed by atoms with Gasteiger partial charge in [0.05, 0.1) is 19.4 Å². The highest BCUT2D eigenvalue weighted by molar-refractivity contribution is 9.10. The first kappa shape index (κ1) is 24.7. The summed E-state index contributed by atoms with van der Waals surface area (Å²) in [6.45, 7) is 2.45. The topological polar surface area (TPSA) is 98.1 Å². The van der Waals surface area contributed by atoms with Gasteiger partial charge in [-0.3, -0.25) is 19.8 Å². The molecule has 3 aromatic rings. The summed E-state index contributed by atoms with van der Waals surface area (Å²) in [4.78, 5) is 38.7. The van der Waals surface area contributed by atoms with Crippen molar-refractivity contribution >= 4 is 55.8 Å². The average Bonchev–Trinajstić information content (AvgIpc) is 3.34. The normalized spacial score (nSPS) is 14.9. The third kappa shape index (κ3) is 5.83. The minimum atomic E-state index is -0.806. The van der Waals surface area contributed by atoms with Gasteiger partial charge in [-0.1, -0.05) is 44.0 Å². The Balaban J connectivity index is 1.61. The summed E-state index contributed by atoms with van der Waals surface area (Å²) in [5.41, 5.74) is 1.29. The number of rotatable bonds is 8. The zero-order valence-electron chi connectivity index (χ0n) is 18.5. The molecule has 1 saturated heterocycles. The third-order valence-electron chi connectivity index (χ3n) is 5.05. The van der Waals surface area contributed by atoms with Crippen molar-refractivity contribution in [2.24, 2.45) is 0 Å². The second-order valence-electron chi connectivity index (χ2n) is 7.46. The van der Waals surface area contributed by atoms with Gasteiger partial charge in [-0.15, -0.1) is 0 Å². The molecule has 1 fully saturated rings. The third-order valence-corrected chi connectivity index (χ3v) is 6.27. The lowest BCUT2D eigenvalue weighted by molar-refractivity contribution is -0.130. The van der Waals surface area contributed by atoms with Gasteiger partial charge in [-0.25, -0.2) is 4.79 Å². The van der Waals surface area contributed by atoms with Crippen molar-refractivity contribution < 1.29 is 28.3 Å². The fourth-order valence-electron chi connectivity index (χ4n) is 3.34. The molecule has 8 nitrogen and oxygen atoms in total. The zero-order valence-corrected chi connectivity index (χ0v) is 21.7. The van der Waals surface area contributed by atoms with Crippen LogP contribution < -0.4 is 14.8 Å². The molecule has 0 saturated carbocycles. The van der Waals surface area contributed by atoms with E-state index in [9.17, 15) is 14.4 Å². The van der Waals surface area contributed by atoms with Gasteiger partial charge in [0.15, 0.2) is 11.5 Å². The summed E-state index contributed by atoms with van der Waals surface area (Å²) < 4.78 is 18.5. The predicted octanol–water partition coefficient (Wildman–Crippen LogP) is 5.44. The fraction of sp³-hybridized carbons (Fsp3) is 0.160. The second kappa shape index (κ2) is 10.9. The molecule has 1 aliphatic heterocycles. The van der Waals surface area contributed by atoms with Crippen LogP contribution in [0.25, 0.3) is 6.08 Å². The van der Waals surface area contributed by atoms with Crippen LogP contribution in [0.1, 0.15) is 23.8 Å². The Hall–Kier alpha value is -3.37. The smallest absolute Gasteiger partial charge is 0.331 e. The van der Waals surface area contributed by atoms with Crippen LogP contribution >= 0.6 is 31.9 Å². The van der Waals surface area contributed by atoms with Crippen LogP contribution in [0.5, 0.6) is 11.5 Å². The molecule has 0 spiro atoms. The van der Waals surface area contributed by atoms with Crippen LogP contribution in [-0.4, -0.2) is 29.4 Å². The van der Waals surface area contributed by atoms with E-state index in [1.54, 1.807) is 24.3 Å². The van der Waals surface area contributed by atoms with Crippen LogP contribution in [-0.2, 0) is 22.7 Å². The van der Waals surface area contributed by atoms with E-state index in [0.717, 1.165) is 14.9 Å². The number of imide groups is 2. The number of hydrogen-bond acceptors (Lipinski definition) is 6. The van der Waals surface area contributed by atoms with Crippen molar-refractivity contribution in [3.8, 4) is 11.5 Å². The first-order valence-corrected chi connectivity index (χ1v) is 12.2. The summed E-state index contributed by atoms with van der Waals surface area (Å²) in [5, 5.41) is 2.20. The number of barbiturate groups is 1. The van der Waals surface area contributed by atoms with E-state index in [4.69, 9.17) is 13.9 Å². The van der Waals surface area contributed by atoms with Crippen LogP contribution in [0, 0.1) is 0 Å². The number of urea groups is 1. The largest absolute Gasteiger partial charge is 0.490 e. The summed E-state index contributed by atoms with van der Waals surface area (Å²) >= 11 is 6.90. The van der Waals surface area contributed by atoms with Crippen molar-refractivity contribution in [1.29, 1.82) is 0 Å². The molecule has 180 valence electrons. The van der Waals surface area contributed by atoms with E-state index in [0.29, 0.717) is 40.5 Å². The van der Waals surface area contributed by atoms with Crippen molar-refractivity contribution in [2.75, 3.05) is 6.61 Å². The number of carbonyl (C=O) groups is 3. The van der Waals surface area contributed by atoms with Crippen LogP contribution in [0.3, 0.4) is 0 Å². The Kier molecular flexibility index (Phi) is 7.72. The molecule has 1 aromatic heterocycles. The SMILES string of the molecule is CCOc1cc(/C=C2\C(=O)NC(=O)N(Cc3ccco3)C2=O)c(Br)cc1OCc1ccc(Br)cc1. The predicted molar refractivity (Wildman–Crippen MR) is 135 cm³/mol. The number of amides is 4. The van der Waals surface area contributed by atoms with Gasteiger partial charge < -0.3 is 13.9 Å². The number of benzene rings is 2. The maximum absolute atomic E-state index is 13.0. The number of halogens is 2. The number of nitrogens with one attached hydrogen (secondary N) is 1. The number of hydrogen-bond donors (Lipinski definition) is 1. The highest BCUT2D eigenvalue weighted by Crippen LogP contribution is 2.36. The Morgan fingerprint density at radius 1 is 1.03 bits per heavy atom. The summed E-state index contributed by atoms with van der Waals surface area (Å²) in [6.07, 6.45) is 2.85. The quantitative estimate of drug-likeness (QED) is 0.272. The Labute approximate surface area is 218 Å². The lowest BCUT2D eigenvalue weighted by atomic mass is 10.1. The lowest BCUT2D eigenvalue weighted by Crippen LogP contribution is -2.53. The molecular formula is C25H20Br2N2O6. The minimum absolute atomic E-state index is 0.101. The minimum Gasteiger partial charge on any atom is -0.490 e. The number of furan rings is 1. The Morgan fingerprint density at radius 3 is 2.46 bits per heavy atom. The van der Waals surface area contributed by atoms with Crippen LogP contribution in [0.15, 0.2) is 73.7 Å². The van der Waals surface area contributed by atoms with Gasteiger partial charge in [0.2, 0.25) is 0 Å². The van der Waals surface area contributed by atoms with Crippen LogP contribution in [0.4, 0.5) is 4.79 Å². The number of nitrogens with zero attached hydrogens (tertiary/aromatic N) is 1. The molecule has 0 aliphatic carbocycles. The standard InChI is InChI=1S/C25H20Br2N2O6/c1-2-33-21-11-16(20(27)12-22(21)35-14-15-5-7-17(26)8-6-15)10-19-23(30)28-25(32)29(24(19)31)13-18-4-3-9-34-18/h3-12H,2,13-14H2,1H3,(H,28,30,32)/b19-10+. The van der Waals surface area contributed by atoms with Gasteiger partial charge in [0.25, 0.3) is 11.8 Å². The maximum atomic E-state index is 13.0. The van der Waals surface area contributed by atoms with Gasteiger partial charge in [-0.05, 0) is 60.5 Å². The molecule has 0 unspecified atom stereocenters. The van der Waals surface area contributed by atoms with E-state index >= 15 is 0 Å². The molecule has 1 aliphatic rings. The van der Waals surface area contributed by atoms with E-state index < -0.39 is 17.8 Å².